The summed E-state index contributed by atoms with van der Waals surface area (Å²) >= 11 is 9.06. The first-order chi connectivity index (χ1) is 8.47. The predicted octanol–water partition coefficient (Wildman–Crippen LogP) is 4.92. The summed E-state index contributed by atoms with van der Waals surface area (Å²) in [5.74, 6) is 0.411. The van der Waals surface area contributed by atoms with Crippen LogP contribution >= 0.6 is 27.5 Å². The molecule has 2 aromatic carbocycles. The topological polar surface area (TPSA) is 35.2 Å². The predicted molar refractivity (Wildman–Crippen MR) is 74.8 cm³/mol. The van der Waals surface area contributed by atoms with E-state index in [1.165, 1.54) is 6.07 Å². The van der Waals surface area contributed by atoms with E-state index in [9.17, 15) is 4.39 Å². The summed E-state index contributed by atoms with van der Waals surface area (Å²) in [6, 6.07) is 8.13. The lowest BCUT2D eigenvalue weighted by atomic mass is 10.2. The lowest BCUT2D eigenvalue weighted by Crippen LogP contribution is -1.95. The molecule has 2 aromatic rings. The first-order valence-corrected chi connectivity index (χ1v) is 6.33. The zero-order valence-electron chi connectivity index (χ0n) is 9.51. The summed E-state index contributed by atoms with van der Waals surface area (Å²) in [5, 5.41) is -0.0214. The van der Waals surface area contributed by atoms with Crippen LogP contribution in [0.3, 0.4) is 0 Å². The minimum absolute atomic E-state index is 0.0214. The SMILES string of the molecule is Cc1ccc(Br)cc1Oc1cc(Cl)c(F)cc1N. The molecule has 0 fully saturated rings. The fraction of sp³-hybridized carbons (Fsp3) is 0.0769. The minimum atomic E-state index is -0.563. The van der Waals surface area contributed by atoms with Crippen molar-refractivity contribution in [2.75, 3.05) is 5.73 Å². The highest BCUT2D eigenvalue weighted by atomic mass is 79.9. The summed E-state index contributed by atoms with van der Waals surface area (Å²) in [7, 11) is 0. The molecule has 5 heteroatoms. The average molecular weight is 331 g/mol. The van der Waals surface area contributed by atoms with Crippen LogP contribution in [0, 0.1) is 12.7 Å². The first-order valence-electron chi connectivity index (χ1n) is 5.16. The van der Waals surface area contributed by atoms with Crippen LogP contribution in [0.25, 0.3) is 0 Å². The van der Waals surface area contributed by atoms with Gasteiger partial charge in [-0.3, -0.25) is 0 Å². The van der Waals surface area contributed by atoms with Crippen LogP contribution < -0.4 is 10.5 Å². The molecule has 2 rings (SSSR count). The molecule has 0 unspecified atom stereocenters. The molecule has 0 heterocycles. The highest BCUT2D eigenvalue weighted by Gasteiger charge is 2.10. The largest absolute Gasteiger partial charge is 0.455 e. The van der Waals surface area contributed by atoms with E-state index in [0.717, 1.165) is 16.1 Å². The van der Waals surface area contributed by atoms with Crippen molar-refractivity contribution in [1.82, 2.24) is 0 Å². The van der Waals surface area contributed by atoms with Gasteiger partial charge in [-0.1, -0.05) is 33.6 Å². The fourth-order valence-electron chi connectivity index (χ4n) is 1.43. The molecular formula is C13H10BrClFNO. The van der Waals surface area contributed by atoms with Crippen LogP contribution in [-0.4, -0.2) is 0 Å². The van der Waals surface area contributed by atoms with Crippen molar-refractivity contribution in [2.45, 2.75) is 6.92 Å². The Morgan fingerprint density at radius 1 is 1.22 bits per heavy atom. The van der Waals surface area contributed by atoms with Gasteiger partial charge in [0.1, 0.15) is 11.6 Å². The summed E-state index contributed by atoms with van der Waals surface area (Å²) in [5.41, 5.74) is 6.84. The molecule has 0 radical (unpaired) electrons. The third kappa shape index (κ3) is 2.76. The van der Waals surface area contributed by atoms with Gasteiger partial charge in [0, 0.05) is 16.6 Å². The van der Waals surface area contributed by atoms with Gasteiger partial charge in [-0.2, -0.15) is 0 Å². The lowest BCUT2D eigenvalue weighted by Gasteiger charge is -2.11. The molecule has 18 heavy (non-hydrogen) atoms. The van der Waals surface area contributed by atoms with E-state index < -0.39 is 5.82 Å². The Balaban J connectivity index is 2.40. The summed E-state index contributed by atoms with van der Waals surface area (Å²) in [4.78, 5) is 0. The number of hydrogen-bond acceptors (Lipinski definition) is 2. The standard InChI is InChI=1S/C13H10BrClFNO/c1-7-2-3-8(14)4-12(7)18-13-5-9(15)10(16)6-11(13)17/h2-6H,17H2,1H3. The van der Waals surface area contributed by atoms with Crippen molar-refractivity contribution in [1.29, 1.82) is 0 Å². The smallest absolute Gasteiger partial charge is 0.152 e. The fourth-order valence-corrected chi connectivity index (χ4v) is 1.93. The number of halogens is 3. The van der Waals surface area contributed by atoms with Gasteiger partial charge in [0.2, 0.25) is 0 Å². The van der Waals surface area contributed by atoms with Crippen molar-refractivity contribution in [2.24, 2.45) is 0 Å². The van der Waals surface area contributed by atoms with Crippen molar-refractivity contribution in [3.63, 3.8) is 0 Å². The van der Waals surface area contributed by atoms with E-state index in [1.807, 2.05) is 25.1 Å². The van der Waals surface area contributed by atoms with E-state index in [4.69, 9.17) is 22.1 Å². The summed E-state index contributed by atoms with van der Waals surface area (Å²) in [6.45, 7) is 1.91. The van der Waals surface area contributed by atoms with Gasteiger partial charge in [0.05, 0.1) is 10.7 Å². The maximum atomic E-state index is 13.2. The van der Waals surface area contributed by atoms with Crippen molar-refractivity contribution < 1.29 is 9.13 Å². The third-order valence-electron chi connectivity index (χ3n) is 2.42. The van der Waals surface area contributed by atoms with E-state index >= 15 is 0 Å². The molecule has 0 atom stereocenters. The Morgan fingerprint density at radius 3 is 2.67 bits per heavy atom. The second-order valence-electron chi connectivity index (χ2n) is 3.82. The van der Waals surface area contributed by atoms with Crippen molar-refractivity contribution >= 4 is 33.2 Å². The number of hydrogen-bond donors (Lipinski definition) is 1. The lowest BCUT2D eigenvalue weighted by molar-refractivity contribution is 0.479. The van der Waals surface area contributed by atoms with Crippen molar-refractivity contribution in [3.05, 3.63) is 51.2 Å². The van der Waals surface area contributed by atoms with Crippen LogP contribution in [0.15, 0.2) is 34.8 Å². The first kappa shape index (κ1) is 13.2. The van der Waals surface area contributed by atoms with Crippen LogP contribution in [0.4, 0.5) is 10.1 Å². The second kappa shape index (κ2) is 5.16. The molecule has 0 aliphatic carbocycles. The monoisotopic (exact) mass is 329 g/mol. The highest BCUT2D eigenvalue weighted by molar-refractivity contribution is 9.10. The van der Waals surface area contributed by atoms with Gasteiger partial charge in [0.15, 0.2) is 5.75 Å². The Kier molecular flexibility index (Phi) is 3.78. The van der Waals surface area contributed by atoms with Gasteiger partial charge < -0.3 is 10.5 Å². The van der Waals surface area contributed by atoms with E-state index in [0.29, 0.717) is 11.5 Å². The molecule has 0 aliphatic rings. The van der Waals surface area contributed by atoms with Gasteiger partial charge in [-0.25, -0.2) is 4.39 Å². The molecule has 94 valence electrons. The molecular weight excluding hydrogens is 321 g/mol. The number of ether oxygens (including phenoxy) is 1. The number of nitrogen functional groups attached to an aromatic ring is 1. The Hall–Kier alpha value is -1.26. The molecule has 0 saturated heterocycles. The van der Waals surface area contributed by atoms with E-state index in [2.05, 4.69) is 15.9 Å². The van der Waals surface area contributed by atoms with Gasteiger partial charge in [-0.05, 0) is 24.6 Å². The molecule has 2 nitrogen and oxygen atoms in total. The molecule has 0 aliphatic heterocycles. The molecule has 0 spiro atoms. The van der Waals surface area contributed by atoms with Crippen LogP contribution in [0.1, 0.15) is 5.56 Å². The quantitative estimate of drug-likeness (QED) is 0.793. The Labute approximate surface area is 118 Å². The number of aryl methyl sites for hydroxylation is 1. The molecule has 0 aromatic heterocycles. The molecule has 2 N–H and O–H groups in total. The summed E-state index contributed by atoms with van der Waals surface area (Å²) < 4.78 is 19.7. The number of nitrogens with two attached hydrogens (primary N) is 1. The normalized spacial score (nSPS) is 10.4. The van der Waals surface area contributed by atoms with Crippen LogP contribution in [0.5, 0.6) is 11.5 Å². The average Bonchev–Trinajstić information content (AvgIpc) is 2.30. The molecule has 0 bridgehead atoms. The van der Waals surface area contributed by atoms with Gasteiger partial charge in [0.25, 0.3) is 0 Å². The molecule has 0 saturated carbocycles. The number of rotatable bonds is 2. The maximum absolute atomic E-state index is 13.2. The summed E-state index contributed by atoms with van der Waals surface area (Å²) in [6.07, 6.45) is 0. The Bertz CT molecular complexity index is 604. The van der Waals surface area contributed by atoms with Gasteiger partial charge in [-0.15, -0.1) is 0 Å². The minimum Gasteiger partial charge on any atom is -0.455 e. The van der Waals surface area contributed by atoms with E-state index in [1.54, 1.807) is 0 Å². The van der Waals surface area contributed by atoms with Crippen LogP contribution in [0.2, 0.25) is 5.02 Å². The van der Waals surface area contributed by atoms with Crippen molar-refractivity contribution in [3.8, 4) is 11.5 Å². The molecule has 0 amide bonds. The maximum Gasteiger partial charge on any atom is 0.152 e. The highest BCUT2D eigenvalue weighted by Crippen LogP contribution is 2.34. The zero-order chi connectivity index (χ0) is 13.3. The number of benzene rings is 2. The second-order valence-corrected chi connectivity index (χ2v) is 5.14. The van der Waals surface area contributed by atoms with E-state index in [-0.39, 0.29) is 10.7 Å². The Morgan fingerprint density at radius 2 is 1.94 bits per heavy atom. The zero-order valence-corrected chi connectivity index (χ0v) is 11.8. The number of anilines is 1. The van der Waals surface area contributed by atoms with Gasteiger partial charge >= 0.3 is 0 Å². The third-order valence-corrected chi connectivity index (χ3v) is 3.21. The van der Waals surface area contributed by atoms with Crippen LogP contribution in [-0.2, 0) is 0 Å².